The fourth-order valence-electron chi connectivity index (χ4n) is 3.72. The number of carboxylic acid groups (broad SMARTS) is 1. The summed E-state index contributed by atoms with van der Waals surface area (Å²) in [5.74, 6) is -3.50. The third-order valence-electron chi connectivity index (χ3n) is 5.29. The molecule has 1 amide bonds. The number of nitrogens with zero attached hydrogens (tertiary/aromatic N) is 1. The van der Waals surface area contributed by atoms with Crippen molar-refractivity contribution in [1.82, 2.24) is 4.90 Å². The number of rotatable bonds is 10. The Kier molecular flexibility index (Phi) is 7.54. The molecule has 0 unspecified atom stereocenters. The third-order valence-corrected chi connectivity index (χ3v) is 5.29. The van der Waals surface area contributed by atoms with E-state index in [4.69, 9.17) is 5.11 Å². The van der Waals surface area contributed by atoms with Gasteiger partial charge < -0.3 is 15.1 Å². The number of halogens is 1. The number of carbonyl (C=O) groups is 3. The first-order chi connectivity index (χ1) is 15.4. The summed E-state index contributed by atoms with van der Waals surface area (Å²) in [6.45, 7) is 0.153. The lowest BCUT2D eigenvalue weighted by molar-refractivity contribution is -0.137. The molecule has 0 fully saturated rings. The minimum absolute atomic E-state index is 0.0161. The van der Waals surface area contributed by atoms with Gasteiger partial charge in [0.2, 0.25) is 0 Å². The van der Waals surface area contributed by atoms with Crippen LogP contribution < -0.4 is 0 Å². The molecule has 7 heteroatoms. The molecule has 1 aliphatic heterocycles. The number of hydrogen-bond donors (Lipinski definition) is 2. The molecule has 0 radical (unpaired) electrons. The number of hydrogen-bond acceptors (Lipinski definition) is 4. The van der Waals surface area contributed by atoms with E-state index in [-0.39, 0.29) is 24.1 Å². The van der Waals surface area contributed by atoms with Crippen LogP contribution in [0, 0.1) is 5.82 Å². The van der Waals surface area contributed by atoms with Crippen molar-refractivity contribution in [2.45, 2.75) is 31.7 Å². The SMILES string of the molecule is O=C(O)CCCCCN1C(=O)C(O)=C(C(=O)/C=C/c2ccccc2)[C@@H]1c1ccccc1F. The van der Waals surface area contributed by atoms with E-state index in [0.717, 1.165) is 5.56 Å². The fraction of sp³-hybridized carbons (Fsp3) is 0.240. The second kappa shape index (κ2) is 10.5. The first-order valence-electron chi connectivity index (χ1n) is 10.4. The monoisotopic (exact) mass is 437 g/mol. The molecule has 0 bridgehead atoms. The van der Waals surface area contributed by atoms with Crippen LogP contribution in [0.15, 0.2) is 72.0 Å². The molecule has 2 N–H and O–H groups in total. The summed E-state index contributed by atoms with van der Waals surface area (Å²) in [6, 6.07) is 13.8. The molecule has 3 rings (SSSR count). The molecule has 1 atom stereocenters. The van der Waals surface area contributed by atoms with Gasteiger partial charge in [0, 0.05) is 18.5 Å². The Morgan fingerprint density at radius 2 is 1.69 bits per heavy atom. The van der Waals surface area contributed by atoms with Crippen LogP contribution in [-0.4, -0.2) is 39.3 Å². The van der Waals surface area contributed by atoms with Gasteiger partial charge in [0.15, 0.2) is 11.5 Å². The van der Waals surface area contributed by atoms with E-state index in [9.17, 15) is 23.9 Å². The highest BCUT2D eigenvalue weighted by molar-refractivity contribution is 6.14. The molecule has 1 aliphatic rings. The molecule has 0 saturated carbocycles. The standard InChI is InChI=1S/C25H24FNO5/c26-19-12-7-6-11-18(19)23-22(20(28)15-14-17-9-3-1-4-10-17)24(31)25(32)27(23)16-8-2-5-13-21(29)30/h1,3-4,6-7,9-12,14-15,23,31H,2,5,8,13,16H2,(H,29,30)/b15-14+/t23-/m0/s1. The molecule has 0 aliphatic carbocycles. The maximum atomic E-state index is 14.7. The second-order valence-electron chi connectivity index (χ2n) is 7.50. The van der Waals surface area contributed by atoms with Gasteiger partial charge in [0.25, 0.3) is 5.91 Å². The number of ketones is 1. The fourth-order valence-corrected chi connectivity index (χ4v) is 3.72. The molecule has 0 aromatic heterocycles. The van der Waals surface area contributed by atoms with Crippen molar-refractivity contribution in [3.8, 4) is 0 Å². The molecule has 166 valence electrons. The van der Waals surface area contributed by atoms with Gasteiger partial charge in [-0.15, -0.1) is 0 Å². The summed E-state index contributed by atoms with van der Waals surface area (Å²) in [6.07, 6.45) is 4.28. The van der Waals surface area contributed by atoms with Crippen molar-refractivity contribution in [2.75, 3.05) is 6.54 Å². The number of carbonyl (C=O) groups excluding carboxylic acids is 2. The average Bonchev–Trinajstić information content (AvgIpc) is 3.03. The maximum absolute atomic E-state index is 14.7. The molecule has 2 aromatic carbocycles. The highest BCUT2D eigenvalue weighted by Gasteiger charge is 2.43. The Morgan fingerprint density at radius 3 is 2.38 bits per heavy atom. The summed E-state index contributed by atoms with van der Waals surface area (Å²) >= 11 is 0. The van der Waals surface area contributed by atoms with Gasteiger partial charge in [-0.3, -0.25) is 14.4 Å². The molecule has 0 saturated heterocycles. The Morgan fingerprint density at radius 1 is 1.00 bits per heavy atom. The van der Waals surface area contributed by atoms with Crippen LogP contribution in [0.1, 0.15) is 42.9 Å². The van der Waals surface area contributed by atoms with Gasteiger partial charge in [-0.1, -0.05) is 61.0 Å². The molecular formula is C25H24FNO5. The van der Waals surface area contributed by atoms with Crippen LogP contribution in [-0.2, 0) is 14.4 Å². The minimum Gasteiger partial charge on any atom is -0.503 e. The van der Waals surface area contributed by atoms with Crippen LogP contribution >= 0.6 is 0 Å². The van der Waals surface area contributed by atoms with Gasteiger partial charge in [-0.05, 0) is 30.5 Å². The second-order valence-corrected chi connectivity index (χ2v) is 7.50. The van der Waals surface area contributed by atoms with E-state index in [1.54, 1.807) is 24.3 Å². The number of allylic oxidation sites excluding steroid dienone is 1. The molecule has 6 nitrogen and oxygen atoms in total. The van der Waals surface area contributed by atoms with Gasteiger partial charge in [-0.25, -0.2) is 4.39 Å². The van der Waals surface area contributed by atoms with Crippen LogP contribution in [0.2, 0.25) is 0 Å². The van der Waals surface area contributed by atoms with E-state index in [0.29, 0.717) is 19.3 Å². The summed E-state index contributed by atoms with van der Waals surface area (Å²) in [7, 11) is 0. The van der Waals surface area contributed by atoms with E-state index >= 15 is 0 Å². The first kappa shape index (κ1) is 22.9. The predicted octanol–water partition coefficient (Wildman–Crippen LogP) is 4.45. The number of benzene rings is 2. The zero-order chi connectivity index (χ0) is 23.1. The first-order valence-corrected chi connectivity index (χ1v) is 10.4. The van der Waals surface area contributed by atoms with Gasteiger partial charge in [-0.2, -0.15) is 0 Å². The highest BCUT2D eigenvalue weighted by atomic mass is 19.1. The van der Waals surface area contributed by atoms with Crippen molar-refractivity contribution in [3.05, 3.63) is 88.9 Å². The van der Waals surface area contributed by atoms with Crippen molar-refractivity contribution in [3.63, 3.8) is 0 Å². The summed E-state index contributed by atoms with van der Waals surface area (Å²) in [5.41, 5.74) is 0.715. The molecule has 1 heterocycles. The summed E-state index contributed by atoms with van der Waals surface area (Å²) < 4.78 is 14.7. The number of aliphatic hydroxyl groups is 1. The van der Waals surface area contributed by atoms with Crippen LogP contribution in [0.4, 0.5) is 4.39 Å². The van der Waals surface area contributed by atoms with E-state index in [1.165, 1.54) is 29.2 Å². The lowest BCUT2D eigenvalue weighted by atomic mass is 9.95. The van der Waals surface area contributed by atoms with Crippen molar-refractivity contribution in [2.24, 2.45) is 0 Å². The van der Waals surface area contributed by atoms with Crippen molar-refractivity contribution in [1.29, 1.82) is 0 Å². The quantitative estimate of drug-likeness (QED) is 0.423. The van der Waals surface area contributed by atoms with Gasteiger partial charge in [0.05, 0.1) is 11.6 Å². The predicted molar refractivity (Wildman–Crippen MR) is 117 cm³/mol. The zero-order valence-electron chi connectivity index (χ0n) is 17.4. The van der Waals surface area contributed by atoms with Crippen molar-refractivity contribution < 1.29 is 29.0 Å². The Balaban J connectivity index is 1.87. The van der Waals surface area contributed by atoms with E-state index in [1.807, 2.05) is 18.2 Å². The Bertz CT molecular complexity index is 1060. The smallest absolute Gasteiger partial charge is 0.303 e. The van der Waals surface area contributed by atoms with Crippen LogP contribution in [0.3, 0.4) is 0 Å². The molecular weight excluding hydrogens is 413 g/mol. The summed E-state index contributed by atoms with van der Waals surface area (Å²) in [5, 5.41) is 19.3. The van der Waals surface area contributed by atoms with Gasteiger partial charge in [0.1, 0.15) is 5.82 Å². The van der Waals surface area contributed by atoms with Crippen LogP contribution in [0.5, 0.6) is 0 Å². The molecule has 2 aromatic rings. The number of amides is 1. The largest absolute Gasteiger partial charge is 0.503 e. The van der Waals surface area contributed by atoms with Crippen molar-refractivity contribution >= 4 is 23.7 Å². The Labute approximate surface area is 185 Å². The Hall–Kier alpha value is -3.74. The molecule has 32 heavy (non-hydrogen) atoms. The van der Waals surface area contributed by atoms with E-state index < -0.39 is 35.3 Å². The van der Waals surface area contributed by atoms with Crippen LogP contribution in [0.25, 0.3) is 6.08 Å². The topological polar surface area (TPSA) is 94.9 Å². The third kappa shape index (κ3) is 5.29. The number of unbranched alkanes of at least 4 members (excludes halogenated alkanes) is 2. The normalized spacial score (nSPS) is 16.2. The lowest BCUT2D eigenvalue weighted by Gasteiger charge is -2.27. The molecule has 0 spiro atoms. The number of aliphatic carboxylic acids is 1. The average molecular weight is 437 g/mol. The summed E-state index contributed by atoms with van der Waals surface area (Å²) in [4.78, 5) is 37.7. The van der Waals surface area contributed by atoms with Gasteiger partial charge >= 0.3 is 5.97 Å². The van der Waals surface area contributed by atoms with E-state index in [2.05, 4.69) is 0 Å². The lowest BCUT2D eigenvalue weighted by Crippen LogP contribution is -2.32. The highest BCUT2D eigenvalue weighted by Crippen LogP contribution is 2.39. The zero-order valence-corrected chi connectivity index (χ0v) is 17.4. The number of aliphatic hydroxyl groups excluding tert-OH is 1. The number of carboxylic acids is 1. The minimum atomic E-state index is -1.06. The maximum Gasteiger partial charge on any atom is 0.303 e.